The van der Waals surface area contributed by atoms with Gasteiger partial charge in [-0.2, -0.15) is 0 Å². The largest absolute Gasteiger partial charge is 0.493 e. The van der Waals surface area contributed by atoms with Crippen molar-refractivity contribution in [1.82, 2.24) is 4.98 Å². The van der Waals surface area contributed by atoms with E-state index >= 15 is 0 Å². The normalized spacial score (nSPS) is 10.8. The third-order valence-corrected chi connectivity index (χ3v) is 4.17. The Labute approximate surface area is 139 Å². The summed E-state index contributed by atoms with van der Waals surface area (Å²) in [7, 11) is 3.11. The molecule has 0 fully saturated rings. The van der Waals surface area contributed by atoms with Crippen LogP contribution in [-0.4, -0.2) is 30.3 Å². The van der Waals surface area contributed by atoms with Gasteiger partial charge in [-0.1, -0.05) is 31.2 Å². The van der Waals surface area contributed by atoms with E-state index in [1.165, 1.54) is 5.56 Å². The van der Waals surface area contributed by atoms with Crippen molar-refractivity contribution in [3.05, 3.63) is 47.7 Å². The number of aromatic nitrogens is 1. The number of hydrogen-bond donors (Lipinski definition) is 2. The van der Waals surface area contributed by atoms with Gasteiger partial charge in [0.2, 0.25) is 0 Å². The minimum Gasteiger partial charge on any atom is -0.493 e. The Morgan fingerprint density at radius 3 is 2.25 bits per heavy atom. The van der Waals surface area contributed by atoms with E-state index in [0.29, 0.717) is 22.6 Å². The number of carboxylic acid groups (broad SMARTS) is 1. The zero-order valence-corrected chi connectivity index (χ0v) is 13.8. The van der Waals surface area contributed by atoms with Crippen molar-refractivity contribution in [2.75, 3.05) is 14.2 Å². The summed E-state index contributed by atoms with van der Waals surface area (Å²) in [5.41, 5.74) is 3.56. The van der Waals surface area contributed by atoms with E-state index in [1.807, 2.05) is 24.3 Å². The fourth-order valence-corrected chi connectivity index (χ4v) is 2.89. The first-order valence-electron chi connectivity index (χ1n) is 7.69. The van der Waals surface area contributed by atoms with Crippen molar-refractivity contribution in [3.8, 4) is 22.6 Å². The number of hydrogen-bond acceptors (Lipinski definition) is 3. The van der Waals surface area contributed by atoms with Gasteiger partial charge in [0.1, 0.15) is 5.69 Å². The summed E-state index contributed by atoms with van der Waals surface area (Å²) in [5.74, 6) is 0.113. The van der Waals surface area contributed by atoms with Crippen molar-refractivity contribution in [2.24, 2.45) is 0 Å². The lowest BCUT2D eigenvalue weighted by Gasteiger charge is -2.08. The van der Waals surface area contributed by atoms with Crippen LogP contribution in [0.15, 0.2) is 36.4 Å². The summed E-state index contributed by atoms with van der Waals surface area (Å²) in [6.07, 6.45) is 0.935. The van der Waals surface area contributed by atoms with Gasteiger partial charge in [0, 0.05) is 17.0 Å². The number of carbonyl (C=O) groups is 1. The Morgan fingerprint density at radius 2 is 1.71 bits per heavy atom. The molecule has 0 atom stereocenters. The maximum atomic E-state index is 11.7. The van der Waals surface area contributed by atoms with Crippen LogP contribution in [0.25, 0.3) is 22.0 Å². The molecule has 2 aromatic carbocycles. The standard InChI is InChI=1S/C19H19NO4/c1-4-11-5-7-12(8-6-11)17-13-9-15(23-2)16(24-3)10-14(13)20-18(17)19(21)22/h5-10,20H,4H2,1-3H3,(H,21,22). The molecule has 0 unspecified atom stereocenters. The van der Waals surface area contributed by atoms with E-state index in [-0.39, 0.29) is 5.69 Å². The van der Waals surface area contributed by atoms with Crippen LogP contribution < -0.4 is 9.47 Å². The van der Waals surface area contributed by atoms with Crippen molar-refractivity contribution in [3.63, 3.8) is 0 Å². The molecule has 2 N–H and O–H groups in total. The molecule has 5 heteroatoms. The van der Waals surface area contributed by atoms with Crippen LogP contribution in [0.4, 0.5) is 0 Å². The summed E-state index contributed by atoms with van der Waals surface area (Å²) in [6, 6.07) is 11.5. The molecular formula is C19H19NO4. The second-order valence-corrected chi connectivity index (χ2v) is 5.48. The molecular weight excluding hydrogens is 306 g/mol. The molecule has 0 amide bonds. The average molecular weight is 325 g/mol. The number of ether oxygens (including phenoxy) is 2. The molecule has 124 valence electrons. The molecule has 3 aromatic rings. The highest BCUT2D eigenvalue weighted by Gasteiger charge is 2.20. The minimum absolute atomic E-state index is 0.157. The number of rotatable bonds is 5. The van der Waals surface area contributed by atoms with Crippen molar-refractivity contribution < 1.29 is 19.4 Å². The van der Waals surface area contributed by atoms with Crippen LogP contribution in [0.2, 0.25) is 0 Å². The lowest BCUT2D eigenvalue weighted by molar-refractivity contribution is 0.0692. The van der Waals surface area contributed by atoms with Gasteiger partial charge < -0.3 is 19.6 Å². The summed E-state index contributed by atoms with van der Waals surface area (Å²) in [4.78, 5) is 14.7. The number of carboxylic acids is 1. The summed E-state index contributed by atoms with van der Waals surface area (Å²) >= 11 is 0. The van der Waals surface area contributed by atoms with Gasteiger partial charge in [-0.25, -0.2) is 4.79 Å². The Kier molecular flexibility index (Phi) is 4.16. The number of aromatic carboxylic acids is 1. The highest BCUT2D eigenvalue weighted by atomic mass is 16.5. The van der Waals surface area contributed by atoms with E-state index in [9.17, 15) is 9.90 Å². The van der Waals surface area contributed by atoms with Crippen molar-refractivity contribution in [2.45, 2.75) is 13.3 Å². The Morgan fingerprint density at radius 1 is 1.08 bits per heavy atom. The number of benzene rings is 2. The second-order valence-electron chi connectivity index (χ2n) is 5.48. The predicted octanol–water partition coefficient (Wildman–Crippen LogP) is 4.11. The number of H-pyrrole nitrogens is 1. The second kappa shape index (κ2) is 6.28. The highest BCUT2D eigenvalue weighted by molar-refractivity contribution is 6.08. The molecule has 0 bridgehead atoms. The molecule has 3 rings (SSSR count). The van der Waals surface area contributed by atoms with Crippen LogP contribution >= 0.6 is 0 Å². The lowest BCUT2D eigenvalue weighted by Crippen LogP contribution is -1.98. The first-order chi connectivity index (χ1) is 11.6. The molecule has 0 saturated carbocycles. The minimum atomic E-state index is -1.00. The molecule has 5 nitrogen and oxygen atoms in total. The molecule has 0 aliphatic carbocycles. The van der Waals surface area contributed by atoms with Crippen molar-refractivity contribution >= 4 is 16.9 Å². The topological polar surface area (TPSA) is 71.5 Å². The third kappa shape index (κ3) is 2.58. The molecule has 0 saturated heterocycles. The first-order valence-corrected chi connectivity index (χ1v) is 7.69. The smallest absolute Gasteiger partial charge is 0.352 e. The van der Waals surface area contributed by atoms with Crippen LogP contribution in [0, 0.1) is 0 Å². The van der Waals surface area contributed by atoms with E-state index < -0.39 is 5.97 Å². The maximum Gasteiger partial charge on any atom is 0.352 e. The van der Waals surface area contributed by atoms with Crippen LogP contribution in [0.5, 0.6) is 11.5 Å². The Hall–Kier alpha value is -2.95. The molecule has 24 heavy (non-hydrogen) atoms. The van der Waals surface area contributed by atoms with Crippen LogP contribution in [0.3, 0.4) is 0 Å². The first kappa shape index (κ1) is 15.9. The Bertz CT molecular complexity index is 894. The summed E-state index contributed by atoms with van der Waals surface area (Å²) in [6.45, 7) is 2.08. The van der Waals surface area contributed by atoms with Gasteiger partial charge in [-0.15, -0.1) is 0 Å². The van der Waals surface area contributed by atoms with E-state index in [0.717, 1.165) is 17.4 Å². The number of nitrogens with one attached hydrogen (secondary N) is 1. The van der Waals surface area contributed by atoms with Crippen LogP contribution in [-0.2, 0) is 6.42 Å². The quantitative estimate of drug-likeness (QED) is 0.740. The van der Waals surface area contributed by atoms with Gasteiger partial charge in [0.05, 0.1) is 19.7 Å². The summed E-state index contributed by atoms with van der Waals surface area (Å²) in [5, 5.41) is 10.4. The zero-order valence-electron chi connectivity index (χ0n) is 13.8. The number of aryl methyl sites for hydroxylation is 1. The van der Waals surface area contributed by atoms with Gasteiger partial charge in [-0.05, 0) is 23.6 Å². The zero-order chi connectivity index (χ0) is 17.3. The SMILES string of the molecule is CCc1ccc(-c2c(C(=O)O)[nH]c3cc(OC)c(OC)cc23)cc1. The Balaban J connectivity index is 2.30. The number of methoxy groups -OCH3 is 2. The number of aromatic amines is 1. The van der Waals surface area contributed by atoms with Gasteiger partial charge in [0.25, 0.3) is 0 Å². The molecule has 0 aliphatic heterocycles. The lowest BCUT2D eigenvalue weighted by atomic mass is 9.99. The molecule has 0 spiro atoms. The van der Waals surface area contributed by atoms with Crippen molar-refractivity contribution in [1.29, 1.82) is 0 Å². The fourth-order valence-electron chi connectivity index (χ4n) is 2.89. The molecule has 1 heterocycles. The van der Waals surface area contributed by atoms with Crippen LogP contribution in [0.1, 0.15) is 23.0 Å². The maximum absolute atomic E-state index is 11.7. The summed E-state index contributed by atoms with van der Waals surface area (Å²) < 4.78 is 10.7. The molecule has 0 aliphatic rings. The highest BCUT2D eigenvalue weighted by Crippen LogP contribution is 2.39. The van der Waals surface area contributed by atoms with Gasteiger partial charge in [-0.3, -0.25) is 0 Å². The average Bonchev–Trinajstić information content (AvgIpc) is 2.99. The van der Waals surface area contributed by atoms with Gasteiger partial charge in [0.15, 0.2) is 11.5 Å². The molecule has 0 radical (unpaired) electrons. The predicted molar refractivity (Wildman–Crippen MR) is 93.2 cm³/mol. The molecule has 1 aromatic heterocycles. The van der Waals surface area contributed by atoms with E-state index in [4.69, 9.17) is 9.47 Å². The van der Waals surface area contributed by atoms with Gasteiger partial charge >= 0.3 is 5.97 Å². The fraction of sp³-hybridized carbons (Fsp3) is 0.211. The van der Waals surface area contributed by atoms with E-state index in [1.54, 1.807) is 26.4 Å². The van der Waals surface area contributed by atoms with E-state index in [2.05, 4.69) is 11.9 Å². The third-order valence-electron chi connectivity index (χ3n) is 4.17. The monoisotopic (exact) mass is 325 g/mol. The number of fused-ring (bicyclic) bond motifs is 1.